The molecule has 1 saturated heterocycles. The van der Waals surface area contributed by atoms with Crippen molar-refractivity contribution in [2.75, 3.05) is 55.7 Å². The van der Waals surface area contributed by atoms with Gasteiger partial charge in [-0.05, 0) is 36.6 Å². The molecule has 1 fully saturated rings. The van der Waals surface area contributed by atoms with Gasteiger partial charge in [-0.3, -0.25) is 9.69 Å². The molecule has 0 aliphatic carbocycles. The number of hydrogen-bond donors (Lipinski definition) is 1. The van der Waals surface area contributed by atoms with Crippen molar-refractivity contribution in [2.45, 2.75) is 31.5 Å². The maximum Gasteiger partial charge on any atom is 0.422 e. The summed E-state index contributed by atoms with van der Waals surface area (Å²) in [4.78, 5) is 19.1. The summed E-state index contributed by atoms with van der Waals surface area (Å²) in [6.07, 6.45) is -2.55. The Bertz CT molecular complexity index is 977. The number of aryl methyl sites for hydroxylation is 1. The molecule has 1 N–H and O–H groups in total. The van der Waals surface area contributed by atoms with Crippen LogP contribution in [-0.4, -0.2) is 74.1 Å². The Morgan fingerprint density at radius 1 is 1.00 bits per heavy atom. The molecule has 4 rings (SSSR count). The van der Waals surface area contributed by atoms with E-state index in [2.05, 4.69) is 4.90 Å². The molecule has 0 spiro atoms. The summed E-state index contributed by atoms with van der Waals surface area (Å²) < 4.78 is 42.9. The van der Waals surface area contributed by atoms with Crippen LogP contribution in [0.15, 0.2) is 48.5 Å². The highest BCUT2D eigenvalue weighted by atomic mass is 19.4. The van der Waals surface area contributed by atoms with Crippen molar-refractivity contribution >= 4 is 17.3 Å². The molecule has 2 aromatic carbocycles. The van der Waals surface area contributed by atoms with Gasteiger partial charge < -0.3 is 19.6 Å². The van der Waals surface area contributed by atoms with Gasteiger partial charge in [0.1, 0.15) is 5.75 Å². The first-order valence-electron chi connectivity index (χ1n) is 11.6. The number of aliphatic hydroxyl groups is 1. The standard InChI is InChI=1S/C25H30F3N3O3/c26-25(27,28)18-34-23-8-4-3-7-22(23)30-14-12-29(13-15-30)17-20-10-9-19-5-1-2-6-21(19)31(20)24(33)11-16-32/h1-8,20,32H,9-18H2. The molecule has 2 aliphatic rings. The molecule has 1 unspecified atom stereocenters. The third kappa shape index (κ3) is 5.82. The molecular formula is C25H30F3N3O3. The van der Waals surface area contributed by atoms with Crippen LogP contribution in [0.1, 0.15) is 18.4 Å². The number of hydrogen-bond acceptors (Lipinski definition) is 5. The number of alkyl halides is 3. The predicted octanol–water partition coefficient (Wildman–Crippen LogP) is 3.48. The fourth-order valence-corrected chi connectivity index (χ4v) is 4.80. The second-order valence-electron chi connectivity index (χ2n) is 8.72. The van der Waals surface area contributed by atoms with Gasteiger partial charge in [-0.2, -0.15) is 13.2 Å². The van der Waals surface area contributed by atoms with E-state index in [1.54, 1.807) is 24.3 Å². The van der Waals surface area contributed by atoms with Crippen LogP contribution in [0.3, 0.4) is 0 Å². The molecule has 0 bridgehead atoms. The van der Waals surface area contributed by atoms with E-state index in [-0.39, 0.29) is 30.7 Å². The molecule has 0 radical (unpaired) electrons. The maximum absolute atomic E-state index is 12.9. The van der Waals surface area contributed by atoms with Crippen LogP contribution in [0.5, 0.6) is 5.75 Å². The summed E-state index contributed by atoms with van der Waals surface area (Å²) >= 11 is 0. The van der Waals surface area contributed by atoms with Crippen molar-refractivity contribution in [3.8, 4) is 5.75 Å². The number of nitrogens with zero attached hydrogens (tertiary/aromatic N) is 3. The predicted molar refractivity (Wildman–Crippen MR) is 124 cm³/mol. The number of fused-ring (bicyclic) bond motifs is 1. The van der Waals surface area contributed by atoms with Gasteiger partial charge in [0, 0.05) is 44.5 Å². The molecule has 9 heteroatoms. The lowest BCUT2D eigenvalue weighted by molar-refractivity contribution is -0.153. The van der Waals surface area contributed by atoms with E-state index >= 15 is 0 Å². The van der Waals surface area contributed by atoms with E-state index in [0.717, 1.165) is 37.2 Å². The van der Waals surface area contributed by atoms with Crippen LogP contribution in [0, 0.1) is 0 Å². The monoisotopic (exact) mass is 477 g/mol. The number of piperazine rings is 1. The topological polar surface area (TPSA) is 56.2 Å². The minimum Gasteiger partial charge on any atom is -0.482 e. The van der Waals surface area contributed by atoms with Crippen molar-refractivity contribution in [3.63, 3.8) is 0 Å². The Balaban J connectivity index is 1.40. The quantitative estimate of drug-likeness (QED) is 0.662. The lowest BCUT2D eigenvalue weighted by Gasteiger charge is -2.42. The van der Waals surface area contributed by atoms with Gasteiger partial charge in [-0.1, -0.05) is 30.3 Å². The number of para-hydroxylation sites is 3. The van der Waals surface area contributed by atoms with Gasteiger partial charge in [-0.15, -0.1) is 0 Å². The van der Waals surface area contributed by atoms with Crippen LogP contribution in [0.4, 0.5) is 24.5 Å². The summed E-state index contributed by atoms with van der Waals surface area (Å²) in [7, 11) is 0. The Labute approximate surface area is 197 Å². The Morgan fingerprint density at radius 2 is 1.68 bits per heavy atom. The maximum atomic E-state index is 12.9. The number of halogens is 3. The number of anilines is 2. The summed E-state index contributed by atoms with van der Waals surface area (Å²) in [5.41, 5.74) is 2.73. The summed E-state index contributed by atoms with van der Waals surface area (Å²) in [5.74, 6) is 0.159. The van der Waals surface area contributed by atoms with Crippen LogP contribution in [0.25, 0.3) is 0 Å². The smallest absolute Gasteiger partial charge is 0.422 e. The minimum absolute atomic E-state index is 0.0166. The van der Waals surface area contributed by atoms with Gasteiger partial charge in [0.2, 0.25) is 5.91 Å². The van der Waals surface area contributed by atoms with E-state index < -0.39 is 12.8 Å². The van der Waals surface area contributed by atoms with Gasteiger partial charge in [0.25, 0.3) is 0 Å². The fourth-order valence-electron chi connectivity index (χ4n) is 4.80. The van der Waals surface area contributed by atoms with Crippen molar-refractivity contribution in [2.24, 2.45) is 0 Å². The third-order valence-corrected chi connectivity index (χ3v) is 6.40. The van der Waals surface area contributed by atoms with Gasteiger partial charge in [0.05, 0.1) is 18.7 Å². The molecule has 0 saturated carbocycles. The van der Waals surface area contributed by atoms with Crippen LogP contribution in [-0.2, 0) is 11.2 Å². The van der Waals surface area contributed by atoms with Gasteiger partial charge in [0.15, 0.2) is 6.61 Å². The lowest BCUT2D eigenvalue weighted by Crippen LogP contribution is -2.54. The van der Waals surface area contributed by atoms with Gasteiger partial charge in [-0.25, -0.2) is 0 Å². The Hall–Kier alpha value is -2.78. The average molecular weight is 478 g/mol. The van der Waals surface area contributed by atoms with E-state index in [1.807, 2.05) is 34.1 Å². The lowest BCUT2D eigenvalue weighted by atomic mass is 9.94. The highest BCUT2D eigenvalue weighted by Gasteiger charge is 2.33. The van der Waals surface area contributed by atoms with E-state index in [0.29, 0.717) is 25.3 Å². The second-order valence-corrected chi connectivity index (χ2v) is 8.72. The first-order valence-corrected chi connectivity index (χ1v) is 11.6. The molecule has 0 aromatic heterocycles. The van der Waals surface area contributed by atoms with E-state index in [1.165, 1.54) is 0 Å². The second kappa shape index (κ2) is 10.7. The van der Waals surface area contributed by atoms with Crippen molar-refractivity contribution in [1.82, 2.24) is 4.90 Å². The van der Waals surface area contributed by atoms with Crippen molar-refractivity contribution in [1.29, 1.82) is 0 Å². The number of amides is 1. The fraction of sp³-hybridized carbons (Fsp3) is 0.480. The number of benzene rings is 2. The minimum atomic E-state index is -4.39. The first kappa shape index (κ1) is 24.3. The zero-order valence-corrected chi connectivity index (χ0v) is 19.0. The molecule has 2 aliphatic heterocycles. The first-order chi connectivity index (χ1) is 16.4. The number of ether oxygens (including phenoxy) is 1. The Morgan fingerprint density at radius 3 is 2.38 bits per heavy atom. The summed E-state index contributed by atoms with van der Waals surface area (Å²) in [6.45, 7) is 1.98. The number of carbonyl (C=O) groups is 1. The highest BCUT2D eigenvalue weighted by Crippen LogP contribution is 2.33. The Kier molecular flexibility index (Phi) is 7.63. The molecule has 1 amide bonds. The normalized spacial score (nSPS) is 19.1. The molecular weight excluding hydrogens is 447 g/mol. The number of carbonyl (C=O) groups excluding carboxylic acids is 1. The van der Waals surface area contributed by atoms with Crippen LogP contribution >= 0.6 is 0 Å². The van der Waals surface area contributed by atoms with Crippen LogP contribution < -0.4 is 14.5 Å². The molecule has 6 nitrogen and oxygen atoms in total. The largest absolute Gasteiger partial charge is 0.482 e. The van der Waals surface area contributed by atoms with E-state index in [9.17, 15) is 23.1 Å². The van der Waals surface area contributed by atoms with Crippen molar-refractivity contribution < 1.29 is 27.8 Å². The van der Waals surface area contributed by atoms with E-state index in [4.69, 9.17) is 4.74 Å². The molecule has 2 aromatic rings. The number of aliphatic hydroxyl groups excluding tert-OH is 1. The zero-order valence-electron chi connectivity index (χ0n) is 19.0. The number of rotatable bonds is 7. The SMILES string of the molecule is O=C(CCO)N1c2ccccc2CCC1CN1CCN(c2ccccc2OCC(F)(F)F)CC1. The summed E-state index contributed by atoms with van der Waals surface area (Å²) in [5, 5.41) is 9.33. The third-order valence-electron chi connectivity index (χ3n) is 6.40. The highest BCUT2D eigenvalue weighted by molar-refractivity contribution is 5.95. The van der Waals surface area contributed by atoms with Gasteiger partial charge >= 0.3 is 6.18 Å². The average Bonchev–Trinajstić information content (AvgIpc) is 2.83. The summed E-state index contributed by atoms with van der Waals surface area (Å²) in [6, 6.07) is 14.8. The van der Waals surface area contributed by atoms with Crippen molar-refractivity contribution in [3.05, 3.63) is 54.1 Å². The zero-order chi connectivity index (χ0) is 24.1. The molecule has 184 valence electrons. The van der Waals surface area contributed by atoms with Crippen LogP contribution in [0.2, 0.25) is 0 Å². The molecule has 2 heterocycles. The molecule has 1 atom stereocenters. The molecule has 34 heavy (non-hydrogen) atoms.